The fourth-order valence-electron chi connectivity index (χ4n) is 1.47. The van der Waals surface area contributed by atoms with Gasteiger partial charge < -0.3 is 9.57 Å². The van der Waals surface area contributed by atoms with Crippen LogP contribution >= 0.6 is 11.6 Å². The van der Waals surface area contributed by atoms with Crippen molar-refractivity contribution in [1.82, 2.24) is 0 Å². The van der Waals surface area contributed by atoms with E-state index >= 15 is 0 Å². The van der Waals surface area contributed by atoms with E-state index in [0.29, 0.717) is 23.7 Å². The highest BCUT2D eigenvalue weighted by Crippen LogP contribution is 2.22. The molecule has 106 valence electrons. The number of nitrogens with one attached hydrogen (secondary N) is 1. The summed E-state index contributed by atoms with van der Waals surface area (Å²) in [5.74, 6) is 5.00. The molecule has 1 amide bonds. The molecule has 0 heterocycles. The normalized spacial score (nSPS) is 11.2. The molecule has 19 heavy (non-hydrogen) atoms. The first-order chi connectivity index (χ1) is 8.81. The van der Waals surface area contributed by atoms with Gasteiger partial charge >= 0.3 is 6.09 Å². The zero-order valence-electron chi connectivity index (χ0n) is 11.3. The molecular formula is C13H19ClN2O3. The second kappa shape index (κ2) is 6.75. The molecule has 0 atom stereocenters. The van der Waals surface area contributed by atoms with Gasteiger partial charge in [0.15, 0.2) is 0 Å². The third kappa shape index (κ3) is 5.92. The molecule has 0 radical (unpaired) electrons. The van der Waals surface area contributed by atoms with E-state index in [4.69, 9.17) is 22.2 Å². The molecule has 3 N–H and O–H groups in total. The van der Waals surface area contributed by atoms with Gasteiger partial charge in [-0.1, -0.05) is 11.6 Å². The number of hydrogen-bond donors (Lipinski definition) is 2. The highest BCUT2D eigenvalue weighted by molar-refractivity contribution is 6.30. The van der Waals surface area contributed by atoms with Crippen molar-refractivity contribution >= 4 is 23.4 Å². The molecule has 0 bridgehead atoms. The molecule has 6 heteroatoms. The number of hydrogen-bond acceptors (Lipinski definition) is 4. The van der Waals surface area contributed by atoms with Crippen molar-refractivity contribution in [1.29, 1.82) is 0 Å². The van der Waals surface area contributed by atoms with E-state index in [-0.39, 0.29) is 0 Å². The summed E-state index contributed by atoms with van der Waals surface area (Å²) in [6.45, 7) is 5.75. The monoisotopic (exact) mass is 286 g/mol. The highest BCUT2D eigenvalue weighted by atomic mass is 35.5. The predicted molar refractivity (Wildman–Crippen MR) is 75.2 cm³/mol. The van der Waals surface area contributed by atoms with E-state index in [0.717, 1.165) is 5.56 Å². The first-order valence-corrected chi connectivity index (χ1v) is 6.30. The van der Waals surface area contributed by atoms with Crippen molar-refractivity contribution in [2.75, 3.05) is 11.9 Å². The Morgan fingerprint density at radius 3 is 2.68 bits per heavy atom. The maximum absolute atomic E-state index is 11.7. The lowest BCUT2D eigenvalue weighted by molar-refractivity contribution is 0.0635. The molecule has 5 nitrogen and oxygen atoms in total. The summed E-state index contributed by atoms with van der Waals surface area (Å²) < 4.78 is 5.19. The van der Waals surface area contributed by atoms with Crippen molar-refractivity contribution in [2.45, 2.75) is 32.8 Å². The van der Waals surface area contributed by atoms with Gasteiger partial charge in [0.2, 0.25) is 0 Å². The maximum Gasteiger partial charge on any atom is 0.412 e. The van der Waals surface area contributed by atoms with Crippen LogP contribution in [-0.2, 0) is 16.0 Å². The minimum atomic E-state index is -0.545. The van der Waals surface area contributed by atoms with Gasteiger partial charge in [-0.2, -0.15) is 0 Å². The average molecular weight is 287 g/mol. The average Bonchev–Trinajstić information content (AvgIpc) is 2.27. The fourth-order valence-corrected chi connectivity index (χ4v) is 1.67. The number of benzene rings is 1. The molecule has 0 aliphatic rings. The lowest BCUT2D eigenvalue weighted by Crippen LogP contribution is -2.27. The van der Waals surface area contributed by atoms with E-state index in [1.165, 1.54) is 0 Å². The summed E-state index contributed by atoms with van der Waals surface area (Å²) in [5.41, 5.74) is 0.927. The van der Waals surface area contributed by atoms with Crippen LogP contribution in [0.4, 0.5) is 10.5 Å². The van der Waals surface area contributed by atoms with Gasteiger partial charge in [0, 0.05) is 10.7 Å². The van der Waals surface area contributed by atoms with Crippen molar-refractivity contribution in [3.8, 4) is 0 Å². The Morgan fingerprint density at radius 2 is 2.11 bits per heavy atom. The minimum Gasteiger partial charge on any atom is -0.444 e. The molecule has 1 aromatic rings. The summed E-state index contributed by atoms with van der Waals surface area (Å²) in [5, 5.41) is 3.27. The van der Waals surface area contributed by atoms with Crippen LogP contribution in [0.1, 0.15) is 26.3 Å². The summed E-state index contributed by atoms with van der Waals surface area (Å²) in [6.07, 6.45) is 0.0343. The third-order valence-corrected chi connectivity index (χ3v) is 2.43. The minimum absolute atomic E-state index is 0.337. The van der Waals surface area contributed by atoms with E-state index in [1.807, 2.05) is 0 Å². The van der Waals surface area contributed by atoms with Gasteiger partial charge in [0.1, 0.15) is 5.60 Å². The van der Waals surface area contributed by atoms with E-state index in [1.54, 1.807) is 39.0 Å². The topological polar surface area (TPSA) is 73.6 Å². The molecule has 0 fully saturated rings. The van der Waals surface area contributed by atoms with Crippen LogP contribution in [0.3, 0.4) is 0 Å². The largest absolute Gasteiger partial charge is 0.444 e. The Balaban J connectivity index is 2.79. The second-order valence-electron chi connectivity index (χ2n) is 5.05. The predicted octanol–water partition coefficient (Wildman–Crippen LogP) is 3.12. The lowest BCUT2D eigenvalue weighted by Gasteiger charge is -2.20. The van der Waals surface area contributed by atoms with Crippen LogP contribution < -0.4 is 11.2 Å². The lowest BCUT2D eigenvalue weighted by atomic mass is 10.1. The zero-order valence-corrected chi connectivity index (χ0v) is 12.1. The van der Waals surface area contributed by atoms with E-state index < -0.39 is 11.7 Å². The summed E-state index contributed by atoms with van der Waals surface area (Å²) >= 11 is 5.92. The smallest absolute Gasteiger partial charge is 0.412 e. The SMILES string of the molecule is CC(C)(C)OC(=O)Nc1ccc(Cl)cc1CCON. The number of nitrogens with two attached hydrogens (primary N) is 1. The molecule has 0 saturated carbocycles. The van der Waals surface area contributed by atoms with Crippen molar-refractivity contribution in [3.05, 3.63) is 28.8 Å². The summed E-state index contributed by atoms with van der Waals surface area (Å²) in [4.78, 5) is 16.3. The molecular weight excluding hydrogens is 268 g/mol. The first-order valence-electron chi connectivity index (χ1n) is 5.92. The Labute approximate surface area is 118 Å². The molecule has 1 rings (SSSR count). The summed E-state index contributed by atoms with van der Waals surface area (Å²) in [6, 6.07) is 5.17. The zero-order chi connectivity index (χ0) is 14.5. The Bertz CT molecular complexity index is 444. The van der Waals surface area contributed by atoms with E-state index in [9.17, 15) is 4.79 Å². The van der Waals surface area contributed by atoms with Gasteiger partial charge in [0.05, 0.1) is 6.61 Å². The first kappa shape index (κ1) is 15.8. The number of anilines is 1. The molecule has 0 aliphatic heterocycles. The maximum atomic E-state index is 11.7. The van der Waals surface area contributed by atoms with Crippen molar-refractivity contribution < 1.29 is 14.4 Å². The van der Waals surface area contributed by atoms with E-state index in [2.05, 4.69) is 10.2 Å². The van der Waals surface area contributed by atoms with Crippen molar-refractivity contribution in [2.24, 2.45) is 5.90 Å². The molecule has 0 spiro atoms. The number of ether oxygens (including phenoxy) is 1. The second-order valence-corrected chi connectivity index (χ2v) is 5.49. The Hall–Kier alpha value is -1.30. The van der Waals surface area contributed by atoms with Gasteiger partial charge in [-0.25, -0.2) is 10.7 Å². The van der Waals surface area contributed by atoms with Crippen LogP contribution in [-0.4, -0.2) is 18.3 Å². The Morgan fingerprint density at radius 1 is 1.42 bits per heavy atom. The number of rotatable bonds is 4. The highest BCUT2D eigenvalue weighted by Gasteiger charge is 2.17. The number of carbonyl (C=O) groups is 1. The number of halogens is 1. The van der Waals surface area contributed by atoms with Gasteiger partial charge in [0.25, 0.3) is 0 Å². The fraction of sp³-hybridized carbons (Fsp3) is 0.462. The standard InChI is InChI=1S/C13H19ClN2O3/c1-13(2,3)19-12(17)16-11-5-4-10(14)8-9(11)6-7-18-15/h4-5,8H,6-7,15H2,1-3H3,(H,16,17). The quantitative estimate of drug-likeness (QED) is 0.834. The van der Waals surface area contributed by atoms with Crippen molar-refractivity contribution in [3.63, 3.8) is 0 Å². The van der Waals surface area contributed by atoms with Crippen LogP contribution in [0.2, 0.25) is 5.02 Å². The van der Waals surface area contributed by atoms with Gasteiger partial charge in [-0.15, -0.1) is 0 Å². The van der Waals surface area contributed by atoms with Crippen LogP contribution in [0.5, 0.6) is 0 Å². The van der Waals surface area contributed by atoms with Gasteiger partial charge in [-0.3, -0.25) is 5.32 Å². The third-order valence-electron chi connectivity index (χ3n) is 2.19. The molecule has 0 unspecified atom stereocenters. The molecule has 0 aromatic heterocycles. The van der Waals surface area contributed by atoms with Crippen LogP contribution in [0.25, 0.3) is 0 Å². The molecule has 0 saturated heterocycles. The van der Waals surface area contributed by atoms with Crippen LogP contribution in [0.15, 0.2) is 18.2 Å². The molecule has 1 aromatic carbocycles. The van der Waals surface area contributed by atoms with Crippen LogP contribution in [0, 0.1) is 0 Å². The number of carbonyl (C=O) groups excluding carboxylic acids is 1. The van der Waals surface area contributed by atoms with Gasteiger partial charge in [-0.05, 0) is 51.0 Å². The number of amides is 1. The summed E-state index contributed by atoms with van der Waals surface area (Å²) in [7, 11) is 0. The Kier molecular flexibility index (Phi) is 5.60. The molecule has 0 aliphatic carbocycles.